The Morgan fingerprint density at radius 3 is 2.75 bits per heavy atom. The van der Waals surface area contributed by atoms with Gasteiger partial charge in [-0.3, -0.25) is 4.79 Å². The summed E-state index contributed by atoms with van der Waals surface area (Å²) in [6.07, 6.45) is 1.51. The fraction of sp³-hybridized carbons (Fsp3) is 0.857. The van der Waals surface area contributed by atoms with Crippen molar-refractivity contribution in [3.05, 3.63) is 0 Å². The number of amides is 2. The van der Waals surface area contributed by atoms with Gasteiger partial charge in [0.25, 0.3) is 0 Å². The zero-order valence-corrected chi connectivity index (χ0v) is 12.2. The first-order valence-electron chi connectivity index (χ1n) is 7.29. The molecule has 0 aromatic heterocycles. The van der Waals surface area contributed by atoms with Crippen LogP contribution in [0.5, 0.6) is 0 Å². The van der Waals surface area contributed by atoms with Crippen molar-refractivity contribution >= 4 is 12.0 Å². The predicted molar refractivity (Wildman–Crippen MR) is 73.4 cm³/mol. The lowest BCUT2D eigenvalue weighted by Gasteiger charge is -2.28. The van der Waals surface area contributed by atoms with E-state index in [-0.39, 0.29) is 11.9 Å². The number of carbonyl (C=O) groups is 2. The number of likely N-dealkylation sites (tertiary alicyclic amines) is 1. The summed E-state index contributed by atoms with van der Waals surface area (Å²) < 4.78 is 5.27. The van der Waals surface area contributed by atoms with Gasteiger partial charge in [-0.2, -0.15) is 0 Å². The van der Waals surface area contributed by atoms with E-state index < -0.39 is 11.4 Å². The Hall–Kier alpha value is -1.30. The van der Waals surface area contributed by atoms with Gasteiger partial charge in [0.2, 0.25) is 0 Å². The molecule has 2 unspecified atom stereocenters. The lowest BCUT2D eigenvalue weighted by Crippen LogP contribution is -2.44. The second-order valence-corrected chi connectivity index (χ2v) is 6.20. The Balaban J connectivity index is 1.87. The molecule has 2 rings (SSSR count). The van der Waals surface area contributed by atoms with Gasteiger partial charge in [0, 0.05) is 32.2 Å². The number of carbonyl (C=O) groups excluding carboxylic acids is 1. The smallest absolute Gasteiger partial charge is 0.317 e. The van der Waals surface area contributed by atoms with E-state index in [1.807, 2.05) is 13.8 Å². The molecule has 0 aromatic rings. The minimum Gasteiger partial charge on any atom is -0.481 e. The van der Waals surface area contributed by atoms with Crippen molar-refractivity contribution in [2.24, 2.45) is 17.3 Å². The summed E-state index contributed by atoms with van der Waals surface area (Å²) >= 11 is 0. The molecule has 2 amide bonds. The summed E-state index contributed by atoms with van der Waals surface area (Å²) in [7, 11) is 0. The molecular weight excluding hydrogens is 260 g/mol. The van der Waals surface area contributed by atoms with Crippen LogP contribution in [0.3, 0.4) is 0 Å². The van der Waals surface area contributed by atoms with Crippen molar-refractivity contribution in [1.82, 2.24) is 10.2 Å². The molecule has 2 fully saturated rings. The highest BCUT2D eigenvalue weighted by molar-refractivity contribution is 5.80. The third-order valence-electron chi connectivity index (χ3n) is 4.69. The van der Waals surface area contributed by atoms with Crippen molar-refractivity contribution in [3.63, 3.8) is 0 Å². The lowest BCUT2D eigenvalue weighted by molar-refractivity contribution is -0.150. The lowest BCUT2D eigenvalue weighted by atomic mass is 9.76. The van der Waals surface area contributed by atoms with E-state index in [9.17, 15) is 14.7 Å². The third kappa shape index (κ3) is 2.90. The van der Waals surface area contributed by atoms with Gasteiger partial charge in [0.15, 0.2) is 0 Å². The van der Waals surface area contributed by atoms with Gasteiger partial charge in [0.1, 0.15) is 0 Å². The fourth-order valence-electron chi connectivity index (χ4n) is 2.99. The number of nitrogens with zero attached hydrogens (tertiary/aromatic N) is 1. The molecule has 6 nitrogen and oxygen atoms in total. The first-order chi connectivity index (χ1) is 9.45. The van der Waals surface area contributed by atoms with Crippen LogP contribution in [0.15, 0.2) is 0 Å². The van der Waals surface area contributed by atoms with E-state index in [1.54, 1.807) is 4.90 Å². The van der Waals surface area contributed by atoms with Crippen LogP contribution in [0.25, 0.3) is 0 Å². The molecule has 6 heteroatoms. The predicted octanol–water partition coefficient (Wildman–Crippen LogP) is 1.17. The summed E-state index contributed by atoms with van der Waals surface area (Å²) in [6.45, 7) is 6.70. The van der Waals surface area contributed by atoms with E-state index in [1.165, 1.54) is 0 Å². The monoisotopic (exact) mass is 284 g/mol. The zero-order chi connectivity index (χ0) is 14.8. The van der Waals surface area contributed by atoms with Gasteiger partial charge in [-0.05, 0) is 18.8 Å². The van der Waals surface area contributed by atoms with Crippen molar-refractivity contribution < 1.29 is 19.4 Å². The highest BCUT2D eigenvalue weighted by Gasteiger charge is 2.48. The van der Waals surface area contributed by atoms with Crippen LogP contribution in [0.1, 0.15) is 26.7 Å². The summed E-state index contributed by atoms with van der Waals surface area (Å²) in [5.74, 6) is -0.399. The maximum absolute atomic E-state index is 12.1. The van der Waals surface area contributed by atoms with Gasteiger partial charge in [-0.15, -0.1) is 0 Å². The second-order valence-electron chi connectivity index (χ2n) is 6.20. The highest BCUT2D eigenvalue weighted by atomic mass is 16.5. The van der Waals surface area contributed by atoms with Gasteiger partial charge in [0.05, 0.1) is 12.0 Å². The minimum atomic E-state index is -0.799. The zero-order valence-electron chi connectivity index (χ0n) is 12.2. The Morgan fingerprint density at radius 2 is 2.25 bits per heavy atom. The van der Waals surface area contributed by atoms with E-state index in [4.69, 9.17) is 4.74 Å². The van der Waals surface area contributed by atoms with Crippen molar-refractivity contribution in [2.45, 2.75) is 26.7 Å². The van der Waals surface area contributed by atoms with Crippen LogP contribution >= 0.6 is 0 Å². The van der Waals surface area contributed by atoms with Gasteiger partial charge in [-0.1, -0.05) is 13.8 Å². The van der Waals surface area contributed by atoms with E-state index in [2.05, 4.69) is 5.32 Å². The Bertz CT molecular complexity index is 379. The number of carboxylic acid groups (broad SMARTS) is 1. The topological polar surface area (TPSA) is 78.9 Å². The number of hydrogen-bond acceptors (Lipinski definition) is 3. The molecular formula is C14H24N2O4. The molecule has 20 heavy (non-hydrogen) atoms. The summed E-state index contributed by atoms with van der Waals surface area (Å²) in [5, 5.41) is 12.4. The molecule has 2 saturated heterocycles. The first kappa shape index (κ1) is 15.1. The number of carboxylic acids is 1. The summed E-state index contributed by atoms with van der Waals surface area (Å²) in [5.41, 5.74) is -0.798. The van der Waals surface area contributed by atoms with Crippen molar-refractivity contribution in [2.75, 3.05) is 32.8 Å². The Kier molecular flexibility index (Phi) is 4.52. The minimum absolute atomic E-state index is 0.0148. The molecule has 2 heterocycles. The normalized spacial score (nSPS) is 29.9. The molecule has 2 N–H and O–H groups in total. The van der Waals surface area contributed by atoms with Gasteiger partial charge >= 0.3 is 12.0 Å². The van der Waals surface area contributed by atoms with Crippen molar-refractivity contribution in [1.29, 1.82) is 0 Å². The molecule has 0 spiro atoms. The Labute approximate surface area is 119 Å². The first-order valence-corrected chi connectivity index (χ1v) is 7.29. The molecule has 0 bridgehead atoms. The number of rotatable bonds is 4. The molecule has 2 aliphatic heterocycles. The SMILES string of the molecule is CC(C)C1(C(=O)O)CCN(C(=O)NCC2CCOC2)C1. The Morgan fingerprint density at radius 1 is 1.50 bits per heavy atom. The molecule has 0 radical (unpaired) electrons. The standard InChI is InChI=1S/C14H24N2O4/c1-10(2)14(12(17)18)4-5-16(9-14)13(19)15-7-11-3-6-20-8-11/h10-11H,3-9H2,1-2H3,(H,15,19)(H,17,18). The van der Waals surface area contributed by atoms with Crippen LogP contribution in [0.2, 0.25) is 0 Å². The van der Waals surface area contributed by atoms with Crippen LogP contribution in [0.4, 0.5) is 4.79 Å². The van der Waals surface area contributed by atoms with E-state index >= 15 is 0 Å². The quantitative estimate of drug-likeness (QED) is 0.812. The average Bonchev–Trinajstić information content (AvgIpc) is 3.05. The number of urea groups is 1. The van der Waals surface area contributed by atoms with Crippen molar-refractivity contribution in [3.8, 4) is 0 Å². The molecule has 2 atom stereocenters. The number of hydrogen-bond donors (Lipinski definition) is 2. The van der Waals surface area contributed by atoms with Crippen LogP contribution in [-0.4, -0.2) is 54.9 Å². The van der Waals surface area contributed by atoms with E-state index in [0.29, 0.717) is 38.6 Å². The maximum Gasteiger partial charge on any atom is 0.317 e. The average molecular weight is 284 g/mol. The van der Waals surface area contributed by atoms with Gasteiger partial charge in [-0.25, -0.2) is 4.79 Å². The van der Waals surface area contributed by atoms with Crippen LogP contribution < -0.4 is 5.32 Å². The summed E-state index contributed by atoms with van der Waals surface area (Å²) in [4.78, 5) is 25.3. The molecule has 2 aliphatic rings. The third-order valence-corrected chi connectivity index (χ3v) is 4.69. The highest BCUT2D eigenvalue weighted by Crippen LogP contribution is 2.38. The van der Waals surface area contributed by atoms with Crippen LogP contribution in [0, 0.1) is 17.3 Å². The largest absolute Gasteiger partial charge is 0.481 e. The van der Waals surface area contributed by atoms with E-state index in [0.717, 1.165) is 13.0 Å². The van der Waals surface area contributed by atoms with Crippen LogP contribution in [-0.2, 0) is 9.53 Å². The number of ether oxygens (including phenoxy) is 1. The second kappa shape index (κ2) is 5.99. The number of aliphatic carboxylic acids is 1. The number of nitrogens with one attached hydrogen (secondary N) is 1. The molecule has 0 saturated carbocycles. The molecule has 0 aromatic carbocycles. The molecule has 0 aliphatic carbocycles. The van der Waals surface area contributed by atoms with Gasteiger partial charge < -0.3 is 20.1 Å². The summed E-state index contributed by atoms with van der Waals surface area (Å²) in [6, 6.07) is -0.152. The maximum atomic E-state index is 12.1. The molecule has 114 valence electrons. The fourth-order valence-corrected chi connectivity index (χ4v) is 2.99.